The van der Waals surface area contributed by atoms with E-state index in [1.165, 1.54) is 4.90 Å². The topological polar surface area (TPSA) is 58.6 Å². The smallest absolute Gasteiger partial charge is 0.261 e. The van der Waals surface area contributed by atoms with Crippen LogP contribution >= 0.6 is 34.2 Å². The van der Waals surface area contributed by atoms with Crippen molar-refractivity contribution in [2.24, 2.45) is 0 Å². The molecule has 2 aromatic carbocycles. The molecular weight excluding hydrogens is 467 g/mol. The fourth-order valence-corrected chi connectivity index (χ4v) is 2.82. The third-order valence-electron chi connectivity index (χ3n) is 3.86. The highest BCUT2D eigenvalue weighted by molar-refractivity contribution is 14.1. The molecule has 138 valence electrons. The van der Waals surface area contributed by atoms with E-state index in [-0.39, 0.29) is 18.4 Å². The van der Waals surface area contributed by atoms with Gasteiger partial charge in [-0.2, -0.15) is 0 Å². The summed E-state index contributed by atoms with van der Waals surface area (Å²) in [5.74, 6) is 0.106. The van der Waals surface area contributed by atoms with Gasteiger partial charge in [0.05, 0.1) is 0 Å². The summed E-state index contributed by atoms with van der Waals surface area (Å²) in [4.78, 5) is 26.3. The summed E-state index contributed by atoms with van der Waals surface area (Å²) in [5, 5.41) is 3.20. The number of nitrogens with zero attached hydrogens (tertiary/aromatic N) is 1. The molecule has 0 saturated heterocycles. The van der Waals surface area contributed by atoms with Crippen LogP contribution in [0.5, 0.6) is 5.75 Å². The van der Waals surface area contributed by atoms with Gasteiger partial charge in [0.25, 0.3) is 5.91 Å². The van der Waals surface area contributed by atoms with Crippen molar-refractivity contribution in [2.75, 3.05) is 13.7 Å². The Labute approximate surface area is 171 Å². The summed E-state index contributed by atoms with van der Waals surface area (Å²) < 4.78 is 6.66. The summed E-state index contributed by atoms with van der Waals surface area (Å²) >= 11 is 8.11. The van der Waals surface area contributed by atoms with Gasteiger partial charge in [-0.05, 0) is 71.5 Å². The molecule has 0 radical (unpaired) electrons. The number of carbonyl (C=O) groups is 2. The van der Waals surface area contributed by atoms with Gasteiger partial charge in [-0.3, -0.25) is 9.59 Å². The molecule has 0 aliphatic rings. The number of nitrogens with one attached hydrogen (secondary N) is 1. The van der Waals surface area contributed by atoms with Crippen LogP contribution in [0.1, 0.15) is 12.5 Å². The van der Waals surface area contributed by atoms with Crippen LogP contribution in [0.15, 0.2) is 48.5 Å². The molecule has 0 unspecified atom stereocenters. The Balaban J connectivity index is 2.10. The molecule has 0 aromatic heterocycles. The van der Waals surface area contributed by atoms with Gasteiger partial charge in [0.2, 0.25) is 5.91 Å². The van der Waals surface area contributed by atoms with Gasteiger partial charge < -0.3 is 15.0 Å². The molecular formula is C19H20ClIN2O3. The summed E-state index contributed by atoms with van der Waals surface area (Å²) in [6, 6.07) is 14.0. The second kappa shape index (κ2) is 9.78. The summed E-state index contributed by atoms with van der Waals surface area (Å²) in [6.45, 7) is 1.84. The molecule has 0 bridgehead atoms. The second-order valence-electron chi connectivity index (χ2n) is 5.68. The lowest BCUT2D eigenvalue weighted by Gasteiger charge is -2.28. The summed E-state index contributed by atoms with van der Waals surface area (Å²) in [7, 11) is 1.55. The fraction of sp³-hybridized carbons (Fsp3) is 0.263. The summed E-state index contributed by atoms with van der Waals surface area (Å²) in [5.41, 5.74) is 0.882. The summed E-state index contributed by atoms with van der Waals surface area (Å²) in [6.07, 6.45) is 0. The number of halogens is 2. The van der Waals surface area contributed by atoms with E-state index in [1.54, 1.807) is 38.2 Å². The Morgan fingerprint density at radius 1 is 1.15 bits per heavy atom. The number of carbonyl (C=O) groups excluding carboxylic acids is 2. The number of hydrogen-bond donors (Lipinski definition) is 1. The van der Waals surface area contributed by atoms with Crippen molar-refractivity contribution in [3.05, 3.63) is 62.7 Å². The third kappa shape index (κ3) is 5.88. The Bertz CT molecular complexity index is 750. The van der Waals surface area contributed by atoms with E-state index >= 15 is 0 Å². The third-order valence-corrected chi connectivity index (χ3v) is 4.83. The minimum absolute atomic E-state index is 0.143. The van der Waals surface area contributed by atoms with Crippen molar-refractivity contribution < 1.29 is 14.3 Å². The normalized spacial score (nSPS) is 11.5. The maximum Gasteiger partial charge on any atom is 0.261 e. The first-order valence-electron chi connectivity index (χ1n) is 8.04. The zero-order chi connectivity index (χ0) is 19.1. The van der Waals surface area contributed by atoms with E-state index in [4.69, 9.17) is 16.3 Å². The number of hydrogen-bond acceptors (Lipinski definition) is 3. The average molecular weight is 487 g/mol. The first-order valence-corrected chi connectivity index (χ1v) is 9.50. The molecule has 5 nitrogen and oxygen atoms in total. The van der Waals surface area contributed by atoms with Gasteiger partial charge in [0.15, 0.2) is 6.61 Å². The first kappa shape index (κ1) is 20.5. The van der Waals surface area contributed by atoms with Crippen molar-refractivity contribution in [3.63, 3.8) is 0 Å². The van der Waals surface area contributed by atoms with Crippen LogP contribution in [-0.2, 0) is 16.1 Å². The zero-order valence-corrected chi connectivity index (χ0v) is 17.5. The monoisotopic (exact) mass is 486 g/mol. The van der Waals surface area contributed by atoms with E-state index in [2.05, 4.69) is 27.9 Å². The zero-order valence-electron chi connectivity index (χ0n) is 14.5. The molecule has 1 N–H and O–H groups in total. The lowest BCUT2D eigenvalue weighted by atomic mass is 10.1. The van der Waals surface area contributed by atoms with Crippen molar-refractivity contribution in [1.82, 2.24) is 10.2 Å². The van der Waals surface area contributed by atoms with Crippen LogP contribution in [-0.4, -0.2) is 36.4 Å². The van der Waals surface area contributed by atoms with E-state index < -0.39 is 6.04 Å². The highest BCUT2D eigenvalue weighted by Crippen LogP contribution is 2.16. The highest BCUT2D eigenvalue weighted by atomic mass is 127. The Morgan fingerprint density at radius 2 is 1.77 bits per heavy atom. The highest BCUT2D eigenvalue weighted by Gasteiger charge is 2.25. The standard InChI is InChI=1S/C19H20ClIN2O3/c1-13(19(25)22-2)23(11-14-3-5-15(20)6-4-14)18(24)12-26-17-9-7-16(21)8-10-17/h3-10,13H,11-12H2,1-2H3,(H,22,25)/t13-/m0/s1. The molecule has 7 heteroatoms. The van der Waals surface area contributed by atoms with Gasteiger partial charge in [-0.25, -0.2) is 0 Å². The SMILES string of the molecule is CNC(=O)[C@H](C)N(Cc1ccc(Cl)cc1)C(=O)COc1ccc(I)cc1. The molecule has 0 heterocycles. The molecule has 0 saturated carbocycles. The fourth-order valence-electron chi connectivity index (χ4n) is 2.34. The van der Waals surface area contributed by atoms with Crippen molar-refractivity contribution in [3.8, 4) is 5.75 Å². The number of likely N-dealkylation sites (N-methyl/N-ethyl adjacent to an activating group) is 1. The molecule has 0 aliphatic heterocycles. The lowest BCUT2D eigenvalue weighted by molar-refractivity contribution is -0.142. The molecule has 0 spiro atoms. The molecule has 2 rings (SSSR count). The van der Waals surface area contributed by atoms with Gasteiger partial charge in [0, 0.05) is 22.2 Å². The van der Waals surface area contributed by atoms with Crippen LogP contribution in [0.4, 0.5) is 0 Å². The van der Waals surface area contributed by atoms with Gasteiger partial charge in [-0.15, -0.1) is 0 Å². The molecule has 1 atom stereocenters. The van der Waals surface area contributed by atoms with E-state index in [0.29, 0.717) is 17.3 Å². The van der Waals surface area contributed by atoms with Crippen molar-refractivity contribution in [2.45, 2.75) is 19.5 Å². The number of rotatable bonds is 7. The largest absolute Gasteiger partial charge is 0.484 e. The van der Waals surface area contributed by atoms with Gasteiger partial charge in [-0.1, -0.05) is 23.7 Å². The van der Waals surface area contributed by atoms with E-state index in [0.717, 1.165) is 9.13 Å². The number of amides is 2. The average Bonchev–Trinajstić information content (AvgIpc) is 2.65. The number of benzene rings is 2. The minimum atomic E-state index is -0.622. The van der Waals surface area contributed by atoms with Crippen LogP contribution < -0.4 is 10.1 Å². The predicted molar refractivity (Wildman–Crippen MR) is 110 cm³/mol. The Morgan fingerprint density at radius 3 is 2.35 bits per heavy atom. The predicted octanol–water partition coefficient (Wildman–Crippen LogP) is 3.49. The van der Waals surface area contributed by atoms with E-state index in [1.807, 2.05) is 24.3 Å². The van der Waals surface area contributed by atoms with Crippen LogP contribution in [0, 0.1) is 3.57 Å². The van der Waals surface area contributed by atoms with Crippen molar-refractivity contribution >= 4 is 46.0 Å². The molecule has 0 aliphatic carbocycles. The molecule has 26 heavy (non-hydrogen) atoms. The van der Waals surface area contributed by atoms with Crippen LogP contribution in [0.25, 0.3) is 0 Å². The maximum absolute atomic E-state index is 12.7. The van der Waals surface area contributed by atoms with Crippen molar-refractivity contribution in [1.29, 1.82) is 0 Å². The van der Waals surface area contributed by atoms with E-state index in [9.17, 15) is 9.59 Å². The van der Waals surface area contributed by atoms with Crippen LogP contribution in [0.2, 0.25) is 5.02 Å². The van der Waals surface area contributed by atoms with Gasteiger partial charge >= 0.3 is 0 Å². The number of ether oxygens (including phenoxy) is 1. The quantitative estimate of drug-likeness (QED) is 0.610. The Kier molecular flexibility index (Phi) is 7.71. The minimum Gasteiger partial charge on any atom is -0.484 e. The second-order valence-corrected chi connectivity index (χ2v) is 7.36. The molecule has 2 aromatic rings. The lowest BCUT2D eigenvalue weighted by Crippen LogP contribution is -2.48. The molecule has 2 amide bonds. The van der Waals surface area contributed by atoms with Crippen LogP contribution in [0.3, 0.4) is 0 Å². The Hall–Kier alpha value is -1.80. The maximum atomic E-state index is 12.7. The van der Waals surface area contributed by atoms with Gasteiger partial charge in [0.1, 0.15) is 11.8 Å². The first-order chi connectivity index (χ1) is 12.4. The molecule has 0 fully saturated rings.